The molecule has 3 rings (SSSR count). The van der Waals surface area contributed by atoms with Crippen LogP contribution in [-0.4, -0.2) is 24.0 Å². The van der Waals surface area contributed by atoms with Gasteiger partial charge in [0.05, 0.1) is 11.5 Å². The van der Waals surface area contributed by atoms with Crippen molar-refractivity contribution in [3.05, 3.63) is 29.6 Å². The van der Waals surface area contributed by atoms with Crippen molar-refractivity contribution in [1.82, 2.24) is 0 Å². The molecule has 132 valence electrons. The average molecular weight is 345 g/mol. The first-order chi connectivity index (χ1) is 11.9. The zero-order valence-electron chi connectivity index (χ0n) is 14.1. The van der Waals surface area contributed by atoms with Crippen molar-refractivity contribution in [3.8, 4) is 11.8 Å². The fourth-order valence-electron chi connectivity index (χ4n) is 3.54. The number of ether oxygens (including phenoxy) is 2. The predicted molar refractivity (Wildman–Crippen MR) is 86.2 cm³/mol. The minimum Gasteiger partial charge on any atom is -0.489 e. The van der Waals surface area contributed by atoms with Crippen molar-refractivity contribution in [3.63, 3.8) is 0 Å². The van der Waals surface area contributed by atoms with Gasteiger partial charge in [0.2, 0.25) is 5.60 Å². The number of fused-ring (bicyclic) bond motifs is 2. The molecule has 5 nitrogen and oxygen atoms in total. The standard InChI is InChI=1S/C19H20FNO4/c1-19(11-24-15-6-5-14(10-21)16(20)9-15)17(22)8-12-3-2-4-13(7-12)18(23)25-19/h5-6,9,12-13H,2-4,7-8,11H2,1H3/t12?,13-,19-/m0/s1. The van der Waals surface area contributed by atoms with Crippen LogP contribution < -0.4 is 4.74 Å². The lowest BCUT2D eigenvalue weighted by Gasteiger charge is -2.37. The summed E-state index contributed by atoms with van der Waals surface area (Å²) >= 11 is 0. The van der Waals surface area contributed by atoms with Crippen LogP contribution in [0.3, 0.4) is 0 Å². The summed E-state index contributed by atoms with van der Waals surface area (Å²) in [5.74, 6) is -0.969. The molecule has 25 heavy (non-hydrogen) atoms. The molecule has 1 heterocycles. The number of esters is 1. The second-order valence-electron chi connectivity index (χ2n) is 7.05. The van der Waals surface area contributed by atoms with Gasteiger partial charge in [-0.3, -0.25) is 9.59 Å². The molecule has 1 unspecified atom stereocenters. The molecule has 2 fully saturated rings. The van der Waals surface area contributed by atoms with E-state index >= 15 is 0 Å². The molecular weight excluding hydrogens is 325 g/mol. The first-order valence-electron chi connectivity index (χ1n) is 8.50. The molecule has 1 saturated carbocycles. The lowest BCUT2D eigenvalue weighted by molar-refractivity contribution is -0.177. The zero-order chi connectivity index (χ0) is 18.0. The molecule has 3 atom stereocenters. The van der Waals surface area contributed by atoms with E-state index in [4.69, 9.17) is 14.7 Å². The number of hydrogen-bond donors (Lipinski definition) is 0. The van der Waals surface area contributed by atoms with Gasteiger partial charge in [-0.2, -0.15) is 5.26 Å². The second-order valence-corrected chi connectivity index (χ2v) is 7.05. The van der Waals surface area contributed by atoms with E-state index < -0.39 is 11.4 Å². The summed E-state index contributed by atoms with van der Waals surface area (Å²) in [6, 6.07) is 5.58. The summed E-state index contributed by atoms with van der Waals surface area (Å²) in [4.78, 5) is 25.0. The monoisotopic (exact) mass is 345 g/mol. The maximum atomic E-state index is 13.7. The van der Waals surface area contributed by atoms with Crippen molar-refractivity contribution in [2.24, 2.45) is 11.8 Å². The molecule has 1 aliphatic carbocycles. The number of halogens is 1. The Labute approximate surface area is 145 Å². The molecule has 2 bridgehead atoms. The molecule has 1 saturated heterocycles. The highest BCUT2D eigenvalue weighted by atomic mass is 19.1. The van der Waals surface area contributed by atoms with E-state index in [0.29, 0.717) is 12.8 Å². The molecular formula is C19H20FNO4. The summed E-state index contributed by atoms with van der Waals surface area (Å²) in [5.41, 5.74) is -1.46. The molecule has 1 aromatic carbocycles. The first-order valence-corrected chi connectivity index (χ1v) is 8.50. The number of benzene rings is 1. The molecule has 1 aromatic rings. The fourth-order valence-corrected chi connectivity index (χ4v) is 3.54. The van der Waals surface area contributed by atoms with Crippen LogP contribution in [0.4, 0.5) is 4.39 Å². The highest BCUT2D eigenvalue weighted by molar-refractivity contribution is 5.90. The van der Waals surface area contributed by atoms with Crippen LogP contribution in [0.1, 0.15) is 44.6 Å². The molecule has 0 spiro atoms. The molecule has 0 N–H and O–H groups in total. The number of nitriles is 1. The van der Waals surface area contributed by atoms with E-state index in [1.807, 2.05) is 0 Å². The van der Waals surface area contributed by atoms with Crippen LogP contribution in [-0.2, 0) is 14.3 Å². The third-order valence-corrected chi connectivity index (χ3v) is 5.08. The molecule has 6 heteroatoms. The third-order valence-electron chi connectivity index (χ3n) is 5.08. The van der Waals surface area contributed by atoms with E-state index in [2.05, 4.69) is 0 Å². The van der Waals surface area contributed by atoms with E-state index in [-0.39, 0.29) is 41.5 Å². The number of carbonyl (C=O) groups excluding carboxylic acids is 2. The van der Waals surface area contributed by atoms with Gasteiger partial charge >= 0.3 is 5.97 Å². The lowest BCUT2D eigenvalue weighted by Crippen LogP contribution is -2.49. The maximum absolute atomic E-state index is 13.7. The quantitative estimate of drug-likeness (QED) is 0.787. The van der Waals surface area contributed by atoms with Crippen LogP contribution in [0, 0.1) is 29.0 Å². The lowest BCUT2D eigenvalue weighted by atomic mass is 9.76. The van der Waals surface area contributed by atoms with Gasteiger partial charge in [0.1, 0.15) is 24.2 Å². The highest BCUT2D eigenvalue weighted by Crippen LogP contribution is 2.37. The normalized spacial score (nSPS) is 29.2. The fraction of sp³-hybridized carbons (Fsp3) is 0.526. The Morgan fingerprint density at radius 3 is 2.92 bits per heavy atom. The van der Waals surface area contributed by atoms with E-state index in [1.165, 1.54) is 12.1 Å². The number of nitrogens with zero attached hydrogens (tertiary/aromatic N) is 1. The molecule has 1 aliphatic heterocycles. The van der Waals surface area contributed by atoms with Crippen LogP contribution in [0.15, 0.2) is 18.2 Å². The SMILES string of the molecule is C[C@@]1(COc2ccc(C#N)c(F)c2)OC(=O)[C@H]2CCCC(CC1=O)C2. The van der Waals surface area contributed by atoms with Gasteiger partial charge in [-0.1, -0.05) is 6.42 Å². The minimum atomic E-state index is -1.38. The van der Waals surface area contributed by atoms with Gasteiger partial charge in [0.15, 0.2) is 5.78 Å². The van der Waals surface area contributed by atoms with Gasteiger partial charge in [0, 0.05) is 12.5 Å². The van der Waals surface area contributed by atoms with Crippen molar-refractivity contribution in [2.75, 3.05) is 6.61 Å². The van der Waals surface area contributed by atoms with Crippen molar-refractivity contribution in [1.29, 1.82) is 5.26 Å². The Morgan fingerprint density at radius 1 is 1.40 bits per heavy atom. The Hall–Kier alpha value is -2.42. The minimum absolute atomic E-state index is 0.0835. The molecule has 0 radical (unpaired) electrons. The van der Waals surface area contributed by atoms with Crippen LogP contribution in [0.5, 0.6) is 5.75 Å². The number of rotatable bonds is 3. The third kappa shape index (κ3) is 3.65. The number of cyclic esters (lactones) is 1. The highest BCUT2D eigenvalue weighted by Gasteiger charge is 2.44. The summed E-state index contributed by atoms with van der Waals surface area (Å²) in [6.07, 6.45) is 3.76. The van der Waals surface area contributed by atoms with Crippen LogP contribution >= 0.6 is 0 Å². The van der Waals surface area contributed by atoms with Gasteiger partial charge in [-0.25, -0.2) is 4.39 Å². The molecule has 0 amide bonds. The summed E-state index contributed by atoms with van der Waals surface area (Å²) in [5, 5.41) is 8.75. The number of Topliss-reactive ketones (excluding diaryl/α,β-unsaturated/α-hetero) is 1. The molecule has 2 aliphatic rings. The summed E-state index contributed by atoms with van der Waals surface area (Å²) in [7, 11) is 0. The average Bonchev–Trinajstić information content (AvgIpc) is 2.59. The zero-order valence-corrected chi connectivity index (χ0v) is 14.1. The first kappa shape index (κ1) is 17.4. The van der Waals surface area contributed by atoms with Gasteiger partial charge in [0.25, 0.3) is 0 Å². The summed E-state index contributed by atoms with van der Waals surface area (Å²) < 4.78 is 24.7. The van der Waals surface area contributed by atoms with E-state index in [0.717, 1.165) is 25.3 Å². The van der Waals surface area contributed by atoms with Crippen LogP contribution in [0.2, 0.25) is 0 Å². The Balaban J connectivity index is 1.75. The van der Waals surface area contributed by atoms with E-state index in [1.54, 1.807) is 13.0 Å². The number of ketones is 1. The maximum Gasteiger partial charge on any atom is 0.310 e. The van der Waals surface area contributed by atoms with Crippen molar-refractivity contribution >= 4 is 11.8 Å². The van der Waals surface area contributed by atoms with Gasteiger partial charge < -0.3 is 9.47 Å². The number of hydrogen-bond acceptors (Lipinski definition) is 5. The van der Waals surface area contributed by atoms with Gasteiger partial charge in [-0.05, 0) is 44.2 Å². The van der Waals surface area contributed by atoms with Gasteiger partial charge in [-0.15, -0.1) is 0 Å². The molecule has 0 aromatic heterocycles. The predicted octanol–water partition coefficient (Wildman–Crippen LogP) is 3.16. The van der Waals surface area contributed by atoms with E-state index in [9.17, 15) is 14.0 Å². The van der Waals surface area contributed by atoms with Crippen molar-refractivity contribution < 1.29 is 23.5 Å². The second kappa shape index (κ2) is 6.83. The Bertz CT molecular complexity index is 741. The smallest absolute Gasteiger partial charge is 0.310 e. The Kier molecular flexibility index (Phi) is 4.76. The number of carbonyl (C=O) groups is 2. The summed E-state index contributed by atoms with van der Waals surface area (Å²) in [6.45, 7) is 1.37. The largest absolute Gasteiger partial charge is 0.489 e. The Morgan fingerprint density at radius 2 is 2.20 bits per heavy atom. The topological polar surface area (TPSA) is 76.4 Å². The van der Waals surface area contributed by atoms with Crippen molar-refractivity contribution in [2.45, 2.75) is 44.6 Å². The van der Waals surface area contributed by atoms with Crippen LogP contribution in [0.25, 0.3) is 0 Å².